The third kappa shape index (κ3) is 2.34. The molecule has 16 heavy (non-hydrogen) atoms. The van der Waals surface area contributed by atoms with E-state index in [0.29, 0.717) is 13.2 Å². The van der Waals surface area contributed by atoms with Crippen LogP contribution in [-0.4, -0.2) is 19.1 Å². The highest BCUT2D eigenvalue weighted by atomic mass is 16.6. The maximum Gasteiger partial charge on any atom is 0.294 e. The Kier molecular flexibility index (Phi) is 3.10. The van der Waals surface area contributed by atoms with Crippen molar-refractivity contribution in [3.05, 3.63) is 41.9 Å². The number of amides is 1. The van der Waals surface area contributed by atoms with Gasteiger partial charge in [-0.15, -0.1) is 0 Å². The third-order valence-electron chi connectivity index (χ3n) is 2.27. The van der Waals surface area contributed by atoms with E-state index < -0.39 is 0 Å². The van der Waals surface area contributed by atoms with Gasteiger partial charge in [-0.3, -0.25) is 4.79 Å². The van der Waals surface area contributed by atoms with E-state index in [-0.39, 0.29) is 11.7 Å². The van der Waals surface area contributed by atoms with E-state index in [1.54, 1.807) is 0 Å². The summed E-state index contributed by atoms with van der Waals surface area (Å²) in [6, 6.07) is 7.57. The first kappa shape index (κ1) is 10.5. The molecular weight excluding hydrogens is 206 g/mol. The lowest BCUT2D eigenvalue weighted by Crippen LogP contribution is -2.21. The van der Waals surface area contributed by atoms with Crippen LogP contribution in [0.25, 0.3) is 0 Å². The summed E-state index contributed by atoms with van der Waals surface area (Å²) in [6.07, 6.45) is 1.34. The van der Waals surface area contributed by atoms with Gasteiger partial charge in [-0.05, 0) is 18.6 Å². The van der Waals surface area contributed by atoms with Gasteiger partial charge in [-0.2, -0.15) is 0 Å². The molecule has 1 N–H and O–H groups in total. The Morgan fingerprint density at radius 3 is 2.81 bits per heavy atom. The van der Waals surface area contributed by atoms with Gasteiger partial charge in [0.15, 0.2) is 0 Å². The van der Waals surface area contributed by atoms with Gasteiger partial charge in [-0.1, -0.05) is 18.2 Å². The first-order valence-corrected chi connectivity index (χ1v) is 5.09. The zero-order valence-corrected chi connectivity index (χ0v) is 9.03. The van der Waals surface area contributed by atoms with Crippen LogP contribution in [0.2, 0.25) is 0 Å². The molecule has 1 aromatic carbocycles. The zero-order valence-electron chi connectivity index (χ0n) is 9.03. The van der Waals surface area contributed by atoms with E-state index in [2.05, 4.69) is 5.32 Å². The number of benzene rings is 1. The van der Waals surface area contributed by atoms with Crippen LogP contribution >= 0.6 is 0 Å². The van der Waals surface area contributed by atoms with Crippen molar-refractivity contribution in [3.63, 3.8) is 0 Å². The van der Waals surface area contributed by atoms with Gasteiger partial charge < -0.3 is 14.8 Å². The molecule has 0 radical (unpaired) electrons. The summed E-state index contributed by atoms with van der Waals surface area (Å²) in [6.45, 7) is 2.83. The Bertz CT molecular complexity index is 426. The van der Waals surface area contributed by atoms with Crippen LogP contribution in [0.5, 0.6) is 0 Å². The van der Waals surface area contributed by atoms with Crippen molar-refractivity contribution in [2.45, 2.75) is 6.92 Å². The van der Waals surface area contributed by atoms with Crippen LogP contribution in [-0.2, 0) is 14.3 Å². The molecule has 0 saturated carbocycles. The van der Waals surface area contributed by atoms with Crippen molar-refractivity contribution in [1.82, 2.24) is 0 Å². The summed E-state index contributed by atoms with van der Waals surface area (Å²) in [5.41, 5.74) is 1.79. The van der Waals surface area contributed by atoms with Crippen LogP contribution in [0.1, 0.15) is 5.56 Å². The average Bonchev–Trinajstić information content (AvgIpc) is 2.33. The maximum absolute atomic E-state index is 11.7. The van der Waals surface area contributed by atoms with E-state index in [1.165, 1.54) is 6.26 Å². The summed E-state index contributed by atoms with van der Waals surface area (Å²) in [4.78, 5) is 11.7. The van der Waals surface area contributed by atoms with Crippen LogP contribution in [0.3, 0.4) is 0 Å². The highest BCUT2D eigenvalue weighted by Gasteiger charge is 2.15. The van der Waals surface area contributed by atoms with Crippen LogP contribution < -0.4 is 5.32 Å². The van der Waals surface area contributed by atoms with Gasteiger partial charge in [0, 0.05) is 5.69 Å². The predicted octanol–water partition coefficient (Wildman–Crippen LogP) is 1.82. The van der Waals surface area contributed by atoms with E-state index in [9.17, 15) is 4.79 Å². The maximum atomic E-state index is 11.7. The SMILES string of the molecule is Cc1ccccc1NC(=O)C1=COCCO1. The molecule has 0 fully saturated rings. The lowest BCUT2D eigenvalue weighted by molar-refractivity contribution is -0.117. The summed E-state index contributed by atoms with van der Waals surface area (Å²) in [7, 11) is 0. The fourth-order valence-corrected chi connectivity index (χ4v) is 1.38. The predicted molar refractivity (Wildman–Crippen MR) is 59.8 cm³/mol. The van der Waals surface area contributed by atoms with Crippen molar-refractivity contribution >= 4 is 11.6 Å². The van der Waals surface area contributed by atoms with Crippen LogP contribution in [0.4, 0.5) is 5.69 Å². The van der Waals surface area contributed by atoms with E-state index in [4.69, 9.17) is 9.47 Å². The van der Waals surface area contributed by atoms with Crippen LogP contribution in [0, 0.1) is 6.92 Å². The molecule has 4 heteroatoms. The molecule has 0 spiro atoms. The second-order valence-electron chi connectivity index (χ2n) is 3.47. The minimum atomic E-state index is -0.283. The number of rotatable bonds is 2. The van der Waals surface area contributed by atoms with E-state index in [1.807, 2.05) is 31.2 Å². The summed E-state index contributed by atoms with van der Waals surface area (Å²) < 4.78 is 10.2. The second-order valence-corrected chi connectivity index (χ2v) is 3.47. The number of carbonyl (C=O) groups excluding carboxylic acids is 1. The normalized spacial score (nSPS) is 14.4. The highest BCUT2D eigenvalue weighted by molar-refractivity contribution is 6.02. The van der Waals surface area contributed by atoms with Crippen LogP contribution in [0.15, 0.2) is 36.3 Å². The molecule has 1 aromatic rings. The highest BCUT2D eigenvalue weighted by Crippen LogP contribution is 2.15. The van der Waals surface area contributed by atoms with Crippen molar-refractivity contribution in [2.24, 2.45) is 0 Å². The lowest BCUT2D eigenvalue weighted by atomic mass is 10.2. The molecule has 1 aliphatic heterocycles. The van der Waals surface area contributed by atoms with E-state index in [0.717, 1.165) is 11.3 Å². The first-order valence-electron chi connectivity index (χ1n) is 5.09. The summed E-state index contributed by atoms with van der Waals surface area (Å²) >= 11 is 0. The fraction of sp³-hybridized carbons (Fsp3) is 0.250. The lowest BCUT2D eigenvalue weighted by Gasteiger charge is -2.15. The van der Waals surface area contributed by atoms with Crippen molar-refractivity contribution < 1.29 is 14.3 Å². The third-order valence-corrected chi connectivity index (χ3v) is 2.27. The Labute approximate surface area is 93.9 Å². The molecule has 0 saturated heterocycles. The number of nitrogens with one attached hydrogen (secondary N) is 1. The van der Waals surface area contributed by atoms with Crippen molar-refractivity contribution in [1.29, 1.82) is 0 Å². The molecule has 0 unspecified atom stereocenters. The number of anilines is 1. The quantitative estimate of drug-likeness (QED) is 0.825. The minimum absolute atomic E-state index is 0.217. The molecule has 0 bridgehead atoms. The number of aryl methyl sites for hydroxylation is 1. The zero-order chi connectivity index (χ0) is 11.4. The number of hydrogen-bond acceptors (Lipinski definition) is 3. The number of carbonyl (C=O) groups is 1. The summed E-state index contributed by atoms with van der Waals surface area (Å²) in [5, 5.41) is 2.77. The Morgan fingerprint density at radius 1 is 1.31 bits per heavy atom. The largest absolute Gasteiger partial charge is 0.494 e. The monoisotopic (exact) mass is 219 g/mol. The smallest absolute Gasteiger partial charge is 0.294 e. The first-order chi connectivity index (χ1) is 7.77. The molecule has 2 rings (SSSR count). The minimum Gasteiger partial charge on any atom is -0.494 e. The summed E-state index contributed by atoms with van der Waals surface area (Å²) in [5.74, 6) is -0.0662. The van der Waals surface area contributed by atoms with Gasteiger partial charge in [0.25, 0.3) is 5.91 Å². The molecule has 0 atom stereocenters. The molecule has 0 aromatic heterocycles. The Balaban J connectivity index is 2.07. The second kappa shape index (κ2) is 4.70. The van der Waals surface area contributed by atoms with Gasteiger partial charge in [-0.25, -0.2) is 0 Å². The fourth-order valence-electron chi connectivity index (χ4n) is 1.38. The van der Waals surface area contributed by atoms with Gasteiger partial charge in [0.2, 0.25) is 5.76 Å². The number of ether oxygens (including phenoxy) is 2. The molecular formula is C12H13NO3. The Morgan fingerprint density at radius 2 is 2.12 bits per heavy atom. The topological polar surface area (TPSA) is 47.6 Å². The van der Waals surface area contributed by atoms with Crippen molar-refractivity contribution in [3.8, 4) is 0 Å². The molecule has 0 aliphatic carbocycles. The van der Waals surface area contributed by atoms with Gasteiger partial charge in [0.1, 0.15) is 19.5 Å². The van der Waals surface area contributed by atoms with Gasteiger partial charge in [0.05, 0.1) is 0 Å². The average molecular weight is 219 g/mol. The molecule has 1 heterocycles. The molecule has 1 amide bonds. The Hall–Kier alpha value is -1.97. The molecule has 84 valence electrons. The van der Waals surface area contributed by atoms with Gasteiger partial charge >= 0.3 is 0 Å². The molecule has 1 aliphatic rings. The molecule has 4 nitrogen and oxygen atoms in total. The standard InChI is InChI=1S/C12H13NO3/c1-9-4-2-3-5-10(9)13-12(14)11-8-15-6-7-16-11/h2-5,8H,6-7H2,1H3,(H,13,14). The van der Waals surface area contributed by atoms with Crippen molar-refractivity contribution in [2.75, 3.05) is 18.5 Å². The number of para-hydroxylation sites is 1. The van der Waals surface area contributed by atoms with E-state index >= 15 is 0 Å². The number of hydrogen-bond donors (Lipinski definition) is 1.